The van der Waals surface area contributed by atoms with Crippen LogP contribution in [-0.4, -0.2) is 52.8 Å². The molecular formula is C27H30N4O5S. The maximum atomic E-state index is 13.6. The van der Waals surface area contributed by atoms with Gasteiger partial charge in [0.25, 0.3) is 5.91 Å². The van der Waals surface area contributed by atoms with E-state index in [2.05, 4.69) is 15.5 Å². The summed E-state index contributed by atoms with van der Waals surface area (Å²) in [6.07, 6.45) is 11.9. The Balaban J connectivity index is 1.24. The number of fused-ring (bicyclic) bond motifs is 1. The summed E-state index contributed by atoms with van der Waals surface area (Å²) in [5.74, 6) is -0.144. The number of benzene rings is 1. The van der Waals surface area contributed by atoms with E-state index in [9.17, 15) is 13.2 Å². The molecule has 194 valence electrons. The lowest BCUT2D eigenvalue weighted by molar-refractivity contribution is -0.112. The second-order valence-corrected chi connectivity index (χ2v) is 12.4. The van der Waals surface area contributed by atoms with E-state index in [0.717, 1.165) is 11.1 Å². The quantitative estimate of drug-likeness (QED) is 0.614. The summed E-state index contributed by atoms with van der Waals surface area (Å²) in [7, 11) is -2.01. The fourth-order valence-electron chi connectivity index (χ4n) is 4.77. The number of allylic oxidation sites excluding steroid dienone is 3. The number of carbonyl (C=O) groups excluding carboxylic acids is 1. The lowest BCUT2D eigenvalue weighted by Gasteiger charge is -2.36. The maximum Gasteiger partial charge on any atom is 0.322 e. The Kier molecular flexibility index (Phi) is 6.51. The van der Waals surface area contributed by atoms with E-state index >= 15 is 0 Å². The molecule has 2 unspecified atom stereocenters. The molecule has 0 fully saturated rings. The number of hydrogen-bond donors (Lipinski definition) is 1. The number of rotatable bonds is 6. The number of aromatic nitrogens is 2. The highest BCUT2D eigenvalue weighted by Gasteiger charge is 2.43. The Labute approximate surface area is 216 Å². The van der Waals surface area contributed by atoms with Gasteiger partial charge in [-0.3, -0.25) is 10.1 Å². The molecule has 0 bridgehead atoms. The Bertz CT molecular complexity index is 1450. The molecule has 0 spiro atoms. The van der Waals surface area contributed by atoms with Gasteiger partial charge in [-0.05, 0) is 37.8 Å². The lowest BCUT2D eigenvalue weighted by atomic mass is 9.91. The Morgan fingerprint density at radius 2 is 1.95 bits per heavy atom. The highest BCUT2D eigenvalue weighted by atomic mass is 32.2. The average molecular weight is 523 g/mol. The predicted octanol–water partition coefficient (Wildman–Crippen LogP) is 3.79. The molecule has 5 rings (SSSR count). The second-order valence-electron chi connectivity index (χ2n) is 9.98. The zero-order valence-corrected chi connectivity index (χ0v) is 21.9. The van der Waals surface area contributed by atoms with Crippen LogP contribution in [0.25, 0.3) is 5.57 Å². The van der Waals surface area contributed by atoms with E-state index in [1.807, 2.05) is 49.4 Å². The van der Waals surface area contributed by atoms with E-state index in [-0.39, 0.29) is 12.4 Å². The number of ether oxygens (including phenoxy) is 1. The van der Waals surface area contributed by atoms with Gasteiger partial charge in [-0.15, -0.1) is 5.10 Å². The number of anilines is 1. The smallest absolute Gasteiger partial charge is 0.322 e. The van der Waals surface area contributed by atoms with E-state index in [1.165, 1.54) is 5.56 Å². The van der Waals surface area contributed by atoms with Gasteiger partial charge >= 0.3 is 6.01 Å². The molecule has 0 radical (unpaired) electrons. The van der Waals surface area contributed by atoms with Gasteiger partial charge in [0, 0.05) is 37.8 Å². The summed E-state index contributed by atoms with van der Waals surface area (Å²) in [4.78, 5) is 12.8. The van der Waals surface area contributed by atoms with Crippen LogP contribution in [0.15, 0.2) is 70.7 Å². The van der Waals surface area contributed by atoms with Crippen LogP contribution in [0, 0.1) is 0 Å². The number of amides is 1. The molecule has 2 aromatic rings. The topological polar surface area (TPSA) is 115 Å². The van der Waals surface area contributed by atoms with Crippen molar-refractivity contribution >= 4 is 27.5 Å². The van der Waals surface area contributed by atoms with Crippen LogP contribution >= 0.6 is 0 Å². The van der Waals surface area contributed by atoms with Crippen molar-refractivity contribution in [3.8, 4) is 0 Å². The van der Waals surface area contributed by atoms with Crippen molar-refractivity contribution in [1.82, 2.24) is 14.5 Å². The van der Waals surface area contributed by atoms with Gasteiger partial charge in [-0.1, -0.05) is 65.8 Å². The van der Waals surface area contributed by atoms with Crippen molar-refractivity contribution in [1.29, 1.82) is 0 Å². The van der Waals surface area contributed by atoms with Crippen LogP contribution in [-0.2, 0) is 32.5 Å². The summed E-state index contributed by atoms with van der Waals surface area (Å²) in [6, 6.07) is 7.89. The van der Waals surface area contributed by atoms with Gasteiger partial charge in [0.2, 0.25) is 15.9 Å². The minimum atomic E-state index is -3.65. The maximum absolute atomic E-state index is 13.6. The first-order chi connectivity index (χ1) is 17.6. The Hall–Kier alpha value is -3.34. The SMILES string of the molecule is COC1(C)C=CC=C(c2nnc(NC(=O)C3=CCC(C)(S(=O)(=O)N4CCc5ccccc5C4)C=C3)o2)C1. The average Bonchev–Trinajstić information content (AvgIpc) is 3.37. The minimum Gasteiger partial charge on any atom is -0.403 e. The number of nitrogens with one attached hydrogen (secondary N) is 1. The summed E-state index contributed by atoms with van der Waals surface area (Å²) in [5, 5.41) is 10.6. The molecule has 1 aliphatic heterocycles. The predicted molar refractivity (Wildman–Crippen MR) is 140 cm³/mol. The van der Waals surface area contributed by atoms with Crippen molar-refractivity contribution in [2.75, 3.05) is 19.0 Å². The number of hydrogen-bond acceptors (Lipinski definition) is 7. The van der Waals surface area contributed by atoms with E-state index in [4.69, 9.17) is 9.15 Å². The zero-order valence-electron chi connectivity index (χ0n) is 21.1. The molecule has 2 heterocycles. The molecule has 37 heavy (non-hydrogen) atoms. The lowest BCUT2D eigenvalue weighted by Crippen LogP contribution is -2.47. The Morgan fingerprint density at radius 1 is 1.16 bits per heavy atom. The zero-order chi connectivity index (χ0) is 26.3. The second kappa shape index (κ2) is 9.51. The minimum absolute atomic E-state index is 0.0307. The van der Waals surface area contributed by atoms with Gasteiger partial charge in [-0.25, -0.2) is 8.42 Å². The van der Waals surface area contributed by atoms with E-state index in [1.54, 1.807) is 36.6 Å². The molecule has 2 aliphatic carbocycles. The normalized spacial score (nSPS) is 25.8. The number of methoxy groups -OCH3 is 1. The van der Waals surface area contributed by atoms with Crippen LogP contribution in [0.5, 0.6) is 0 Å². The summed E-state index contributed by atoms with van der Waals surface area (Å²) < 4.78 is 38.7. The first-order valence-electron chi connectivity index (χ1n) is 12.2. The molecule has 1 aromatic heterocycles. The molecule has 1 aromatic carbocycles. The van der Waals surface area contributed by atoms with Gasteiger partial charge < -0.3 is 9.15 Å². The molecular weight excluding hydrogens is 492 g/mol. The van der Waals surface area contributed by atoms with Crippen LogP contribution in [0.4, 0.5) is 6.01 Å². The summed E-state index contributed by atoms with van der Waals surface area (Å²) in [6.45, 7) is 4.44. The molecule has 1 N–H and O–H groups in total. The van der Waals surface area contributed by atoms with Crippen LogP contribution < -0.4 is 5.32 Å². The van der Waals surface area contributed by atoms with E-state index < -0.39 is 26.3 Å². The fraction of sp³-hybridized carbons (Fsp3) is 0.370. The molecule has 1 amide bonds. The third-order valence-electron chi connectivity index (χ3n) is 7.30. The largest absolute Gasteiger partial charge is 0.403 e. The standard InChI is InChI=1S/C27H30N4O5S/c1-26(35-3)13-6-9-21(17-26)24-29-30-25(36-24)28-23(32)20-10-14-27(2,15-11-20)37(33,34)31-16-12-19-7-4-5-8-22(19)18-31/h4-11,13-14H,12,15-18H2,1-3H3,(H,28,30,32). The van der Waals surface area contributed by atoms with Crippen molar-refractivity contribution in [3.05, 3.63) is 83.3 Å². The van der Waals surface area contributed by atoms with E-state index in [0.29, 0.717) is 37.4 Å². The molecule has 3 aliphatic rings. The molecule has 2 atom stereocenters. The fourth-order valence-corrected chi connectivity index (χ4v) is 6.53. The van der Waals surface area contributed by atoms with Crippen LogP contribution in [0.3, 0.4) is 0 Å². The van der Waals surface area contributed by atoms with Crippen molar-refractivity contribution in [3.63, 3.8) is 0 Å². The number of nitrogens with zero attached hydrogens (tertiary/aromatic N) is 3. The molecule has 0 saturated carbocycles. The number of carbonyl (C=O) groups is 1. The van der Waals surface area contributed by atoms with Gasteiger partial charge in [0.15, 0.2) is 0 Å². The van der Waals surface area contributed by atoms with Crippen LogP contribution in [0.1, 0.15) is 43.7 Å². The Morgan fingerprint density at radius 3 is 2.68 bits per heavy atom. The van der Waals surface area contributed by atoms with Gasteiger partial charge in [0.05, 0.1) is 5.60 Å². The highest BCUT2D eigenvalue weighted by Crippen LogP contribution is 2.35. The molecule has 0 saturated heterocycles. The van der Waals surface area contributed by atoms with Gasteiger partial charge in [-0.2, -0.15) is 4.31 Å². The first-order valence-corrected chi connectivity index (χ1v) is 13.6. The third kappa shape index (κ3) is 4.84. The summed E-state index contributed by atoms with van der Waals surface area (Å²) in [5.41, 5.74) is 2.89. The van der Waals surface area contributed by atoms with Crippen molar-refractivity contribution in [2.45, 2.75) is 50.0 Å². The highest BCUT2D eigenvalue weighted by molar-refractivity contribution is 7.90. The molecule has 9 nitrogen and oxygen atoms in total. The van der Waals surface area contributed by atoms with Crippen molar-refractivity contribution in [2.24, 2.45) is 0 Å². The first kappa shape index (κ1) is 25.3. The number of sulfonamides is 1. The van der Waals surface area contributed by atoms with Crippen molar-refractivity contribution < 1.29 is 22.4 Å². The third-order valence-corrected chi connectivity index (χ3v) is 9.78. The van der Waals surface area contributed by atoms with Crippen LogP contribution in [0.2, 0.25) is 0 Å². The summed E-state index contributed by atoms with van der Waals surface area (Å²) >= 11 is 0. The van der Waals surface area contributed by atoms with Gasteiger partial charge in [0.1, 0.15) is 4.75 Å². The molecule has 10 heteroatoms. The monoisotopic (exact) mass is 522 g/mol.